The molecule has 0 aliphatic rings. The summed E-state index contributed by atoms with van der Waals surface area (Å²) in [5.74, 6) is -0.658. The van der Waals surface area contributed by atoms with Gasteiger partial charge in [0, 0.05) is 0 Å². The molecule has 0 atom stereocenters. The first-order chi connectivity index (χ1) is 8.59. The predicted octanol–water partition coefficient (Wildman–Crippen LogP) is -0.258. The second-order valence-corrected chi connectivity index (χ2v) is 6.59. The van der Waals surface area contributed by atoms with Crippen LogP contribution >= 0.6 is 0 Å². The molecule has 0 aliphatic heterocycles. The fourth-order valence-electron chi connectivity index (χ4n) is 1.61. The first-order valence-electron chi connectivity index (χ1n) is 4.81. The number of rotatable bonds is 2. The fourth-order valence-corrected chi connectivity index (χ4v) is 2.72. The average molecular weight is 385 g/mol. The SMILES string of the molecule is O=S(=O)(O)c1ccc2cc(O)c(S(=O)(=O)O)cc2c1.[KH].[KH]. The Morgan fingerprint density at radius 2 is 1.33 bits per heavy atom. The van der Waals surface area contributed by atoms with Crippen LogP contribution in [-0.2, 0) is 20.2 Å². The third-order valence-electron chi connectivity index (χ3n) is 2.47. The van der Waals surface area contributed by atoms with E-state index < -0.39 is 35.8 Å². The van der Waals surface area contributed by atoms with E-state index in [1.54, 1.807) is 0 Å². The maximum atomic E-state index is 11.0. The van der Waals surface area contributed by atoms with Gasteiger partial charge in [0.15, 0.2) is 0 Å². The number of phenols is 1. The first-order valence-corrected chi connectivity index (χ1v) is 7.69. The molecule has 0 spiro atoms. The molecule has 0 radical (unpaired) electrons. The average Bonchev–Trinajstić information content (AvgIpc) is 2.24. The molecule has 2 aromatic rings. The Hall–Kier alpha value is 1.59. The van der Waals surface area contributed by atoms with Crippen molar-refractivity contribution in [2.24, 2.45) is 0 Å². The molecule has 7 nitrogen and oxygen atoms in total. The summed E-state index contributed by atoms with van der Waals surface area (Å²) in [4.78, 5) is -1.17. The number of benzene rings is 2. The number of fused-ring (bicyclic) bond motifs is 1. The Labute approximate surface area is 206 Å². The van der Waals surface area contributed by atoms with Gasteiger partial charge in [-0.2, -0.15) is 16.8 Å². The van der Waals surface area contributed by atoms with E-state index in [0.29, 0.717) is 5.39 Å². The Morgan fingerprint density at radius 1 is 0.762 bits per heavy atom. The monoisotopic (exact) mass is 384 g/mol. The van der Waals surface area contributed by atoms with Crippen molar-refractivity contribution in [1.29, 1.82) is 0 Å². The molecule has 3 N–H and O–H groups in total. The van der Waals surface area contributed by atoms with E-state index in [4.69, 9.17) is 9.11 Å². The minimum absolute atomic E-state index is 0. The molecular formula is C10H10K2O7S2. The van der Waals surface area contributed by atoms with Gasteiger partial charge in [0.1, 0.15) is 10.6 Å². The van der Waals surface area contributed by atoms with Crippen LogP contribution in [0.2, 0.25) is 0 Å². The van der Waals surface area contributed by atoms with Gasteiger partial charge in [-0.3, -0.25) is 9.11 Å². The van der Waals surface area contributed by atoms with Crippen LogP contribution in [0.3, 0.4) is 0 Å². The summed E-state index contributed by atoms with van der Waals surface area (Å²) in [6.07, 6.45) is 0. The molecule has 0 amide bonds. The molecule has 2 rings (SSSR count). The summed E-state index contributed by atoms with van der Waals surface area (Å²) >= 11 is 0. The minimum atomic E-state index is -4.64. The number of phenolic OH excluding ortho intramolecular Hbond substituents is 1. The Balaban J connectivity index is 0.00000200. The Bertz CT molecular complexity index is 876. The molecule has 0 aromatic heterocycles. The van der Waals surface area contributed by atoms with Gasteiger partial charge in [0.2, 0.25) is 0 Å². The van der Waals surface area contributed by atoms with Crippen LogP contribution in [0.4, 0.5) is 0 Å². The third-order valence-corrected chi connectivity index (χ3v) is 4.20. The summed E-state index contributed by atoms with van der Waals surface area (Å²) in [6.45, 7) is 0. The van der Waals surface area contributed by atoms with E-state index in [1.165, 1.54) is 6.07 Å². The zero-order chi connectivity index (χ0) is 14.4. The van der Waals surface area contributed by atoms with Gasteiger partial charge in [-0.25, -0.2) is 0 Å². The molecule has 0 heterocycles. The second-order valence-electron chi connectivity index (χ2n) is 3.78. The van der Waals surface area contributed by atoms with E-state index >= 15 is 0 Å². The number of aromatic hydroxyl groups is 1. The molecule has 106 valence electrons. The van der Waals surface area contributed by atoms with Crippen molar-refractivity contribution in [3.05, 3.63) is 30.3 Å². The normalized spacial score (nSPS) is 11.5. The van der Waals surface area contributed by atoms with Crippen LogP contribution in [0, 0.1) is 0 Å². The van der Waals surface area contributed by atoms with Crippen molar-refractivity contribution >= 4 is 134 Å². The van der Waals surface area contributed by atoms with E-state index in [9.17, 15) is 21.9 Å². The molecule has 0 unspecified atom stereocenters. The standard InChI is InChI=1S/C10H8O7S2.2K.2H/c11-9-4-6-1-2-8(18(12,13)14)3-7(6)5-10(9)19(15,16)17;;;;/h1-5,11H,(H,12,13,14)(H,15,16,17);;;;. The van der Waals surface area contributed by atoms with Crippen molar-refractivity contribution in [2.45, 2.75) is 9.79 Å². The molecule has 0 bridgehead atoms. The third kappa shape index (κ3) is 5.57. The Kier molecular flexibility index (Phi) is 8.73. The van der Waals surface area contributed by atoms with Gasteiger partial charge in [-0.15, -0.1) is 0 Å². The van der Waals surface area contributed by atoms with Gasteiger partial charge in [-0.1, -0.05) is 6.07 Å². The van der Waals surface area contributed by atoms with E-state index in [0.717, 1.165) is 24.3 Å². The van der Waals surface area contributed by atoms with E-state index in [2.05, 4.69) is 0 Å². The molecule has 21 heavy (non-hydrogen) atoms. The molecular weight excluding hydrogens is 374 g/mol. The molecule has 0 aliphatic carbocycles. The summed E-state index contributed by atoms with van der Waals surface area (Å²) < 4.78 is 61.7. The van der Waals surface area contributed by atoms with Gasteiger partial charge in [0.05, 0.1) is 4.90 Å². The molecule has 2 aromatic carbocycles. The quantitative estimate of drug-likeness (QED) is 0.480. The topological polar surface area (TPSA) is 129 Å². The van der Waals surface area contributed by atoms with Gasteiger partial charge in [-0.05, 0) is 35.0 Å². The maximum absolute atomic E-state index is 11.0. The van der Waals surface area contributed by atoms with Gasteiger partial charge in [0.25, 0.3) is 20.2 Å². The molecule has 0 saturated carbocycles. The second kappa shape index (κ2) is 8.11. The predicted molar refractivity (Wildman–Crippen MR) is 79.5 cm³/mol. The van der Waals surface area contributed by atoms with Crippen LogP contribution in [0.15, 0.2) is 40.1 Å². The van der Waals surface area contributed by atoms with Crippen LogP contribution in [-0.4, -0.2) is 134 Å². The van der Waals surface area contributed by atoms with Crippen LogP contribution in [0.25, 0.3) is 10.8 Å². The first kappa shape index (κ1) is 22.6. The van der Waals surface area contributed by atoms with Crippen molar-refractivity contribution < 1.29 is 31.0 Å². The van der Waals surface area contributed by atoms with Crippen LogP contribution < -0.4 is 0 Å². The van der Waals surface area contributed by atoms with Crippen molar-refractivity contribution in [3.63, 3.8) is 0 Å². The zero-order valence-corrected chi connectivity index (χ0v) is 10.8. The van der Waals surface area contributed by atoms with Crippen molar-refractivity contribution in [2.75, 3.05) is 0 Å². The fraction of sp³-hybridized carbons (Fsp3) is 0. The van der Waals surface area contributed by atoms with Crippen molar-refractivity contribution in [3.8, 4) is 5.75 Å². The Morgan fingerprint density at radius 3 is 1.81 bits per heavy atom. The summed E-state index contributed by atoms with van der Waals surface area (Å²) in [7, 11) is -9.06. The summed E-state index contributed by atoms with van der Waals surface area (Å²) in [5, 5.41) is 9.94. The van der Waals surface area contributed by atoms with E-state index in [-0.39, 0.29) is 108 Å². The van der Waals surface area contributed by atoms with Crippen molar-refractivity contribution in [1.82, 2.24) is 0 Å². The number of hydrogen-bond acceptors (Lipinski definition) is 5. The summed E-state index contributed by atoms with van der Waals surface area (Å²) in [6, 6.07) is 5.38. The molecule has 0 saturated heterocycles. The van der Waals surface area contributed by atoms with Gasteiger partial charge >= 0.3 is 103 Å². The number of hydrogen-bond donors (Lipinski definition) is 3. The van der Waals surface area contributed by atoms with Crippen LogP contribution in [0.1, 0.15) is 0 Å². The molecule has 0 fully saturated rings. The summed E-state index contributed by atoms with van der Waals surface area (Å²) in [5.41, 5.74) is 0. The zero-order valence-electron chi connectivity index (χ0n) is 9.18. The van der Waals surface area contributed by atoms with Gasteiger partial charge < -0.3 is 5.11 Å². The van der Waals surface area contributed by atoms with Crippen LogP contribution in [0.5, 0.6) is 5.75 Å². The molecule has 11 heteroatoms. The van der Waals surface area contributed by atoms with E-state index in [1.807, 2.05) is 0 Å².